The van der Waals surface area contributed by atoms with Crippen molar-refractivity contribution in [2.75, 3.05) is 37.6 Å². The van der Waals surface area contributed by atoms with Crippen molar-refractivity contribution in [1.82, 2.24) is 10.2 Å². The van der Waals surface area contributed by atoms with Crippen molar-refractivity contribution in [2.45, 2.75) is 18.9 Å². The third-order valence-electron chi connectivity index (χ3n) is 4.16. The Hall–Kier alpha value is -1.86. The van der Waals surface area contributed by atoms with E-state index in [9.17, 15) is 14.9 Å². The highest BCUT2D eigenvalue weighted by atomic mass is 35.5. The lowest BCUT2D eigenvalue weighted by Crippen LogP contribution is -2.49. The summed E-state index contributed by atoms with van der Waals surface area (Å²) in [6.07, 6.45) is 2.19. The van der Waals surface area contributed by atoms with E-state index in [4.69, 9.17) is 11.6 Å². The Kier molecular flexibility index (Phi) is 4.68. The second kappa shape index (κ2) is 6.72. The molecule has 1 aliphatic carbocycles. The number of carbonyl (C=O) groups excluding carboxylic acids is 1. The molecule has 1 saturated carbocycles. The molecule has 1 saturated heterocycles. The first-order valence-corrected chi connectivity index (χ1v) is 8.11. The van der Waals surface area contributed by atoms with Crippen LogP contribution in [0.3, 0.4) is 0 Å². The van der Waals surface area contributed by atoms with Gasteiger partial charge in [-0.3, -0.25) is 19.8 Å². The Morgan fingerprint density at radius 1 is 1.30 bits per heavy atom. The van der Waals surface area contributed by atoms with Crippen LogP contribution in [-0.4, -0.2) is 54.5 Å². The van der Waals surface area contributed by atoms with Gasteiger partial charge in [0.15, 0.2) is 0 Å². The molecule has 0 radical (unpaired) electrons. The summed E-state index contributed by atoms with van der Waals surface area (Å²) < 4.78 is 0. The van der Waals surface area contributed by atoms with Crippen LogP contribution in [-0.2, 0) is 4.79 Å². The molecule has 0 aromatic heterocycles. The van der Waals surface area contributed by atoms with E-state index in [2.05, 4.69) is 15.1 Å². The number of hydrogen-bond acceptors (Lipinski definition) is 5. The normalized spacial score (nSPS) is 18.7. The highest BCUT2D eigenvalue weighted by molar-refractivity contribution is 6.33. The summed E-state index contributed by atoms with van der Waals surface area (Å²) >= 11 is 6.17. The minimum Gasteiger partial charge on any atom is -0.368 e. The van der Waals surface area contributed by atoms with Gasteiger partial charge in [-0.1, -0.05) is 11.6 Å². The molecule has 1 heterocycles. The van der Waals surface area contributed by atoms with Crippen molar-refractivity contribution < 1.29 is 9.72 Å². The molecule has 23 heavy (non-hydrogen) atoms. The number of carbonyl (C=O) groups is 1. The van der Waals surface area contributed by atoms with Crippen LogP contribution < -0.4 is 10.2 Å². The van der Waals surface area contributed by atoms with Crippen LogP contribution in [0, 0.1) is 10.1 Å². The third kappa shape index (κ3) is 4.11. The molecule has 8 heteroatoms. The van der Waals surface area contributed by atoms with E-state index < -0.39 is 4.92 Å². The quantitative estimate of drug-likeness (QED) is 0.652. The topological polar surface area (TPSA) is 78.7 Å². The largest absolute Gasteiger partial charge is 0.368 e. The summed E-state index contributed by atoms with van der Waals surface area (Å²) in [6.45, 7) is 3.46. The zero-order chi connectivity index (χ0) is 16.4. The molecule has 1 aromatic carbocycles. The van der Waals surface area contributed by atoms with Crippen LogP contribution in [0.2, 0.25) is 5.02 Å². The van der Waals surface area contributed by atoms with Crippen molar-refractivity contribution in [3.63, 3.8) is 0 Å². The number of non-ortho nitro benzene ring substituents is 1. The highest BCUT2D eigenvalue weighted by Gasteiger charge is 2.25. The first-order chi connectivity index (χ1) is 11.0. The summed E-state index contributed by atoms with van der Waals surface area (Å²) in [5.41, 5.74) is 0.800. The number of nitrogens with one attached hydrogen (secondary N) is 1. The van der Waals surface area contributed by atoms with Crippen molar-refractivity contribution in [2.24, 2.45) is 0 Å². The van der Waals surface area contributed by atoms with Crippen LogP contribution in [0.1, 0.15) is 12.8 Å². The number of piperazine rings is 1. The molecule has 1 aromatic rings. The van der Waals surface area contributed by atoms with Gasteiger partial charge in [0.2, 0.25) is 5.91 Å². The minimum absolute atomic E-state index is 0.00543. The number of amides is 1. The lowest BCUT2D eigenvalue weighted by Gasteiger charge is -2.36. The average molecular weight is 339 g/mol. The first-order valence-electron chi connectivity index (χ1n) is 7.73. The predicted octanol–water partition coefficient (Wildman–Crippen LogP) is 1.65. The van der Waals surface area contributed by atoms with E-state index >= 15 is 0 Å². The van der Waals surface area contributed by atoms with Gasteiger partial charge in [0, 0.05) is 44.4 Å². The number of hydrogen-bond donors (Lipinski definition) is 1. The van der Waals surface area contributed by atoms with Gasteiger partial charge in [0.1, 0.15) is 0 Å². The van der Waals surface area contributed by atoms with E-state index in [1.807, 2.05) is 0 Å². The maximum atomic E-state index is 11.8. The average Bonchev–Trinajstić information content (AvgIpc) is 3.32. The van der Waals surface area contributed by atoms with Gasteiger partial charge in [0.25, 0.3) is 5.69 Å². The van der Waals surface area contributed by atoms with Crippen LogP contribution >= 0.6 is 11.6 Å². The number of benzene rings is 1. The van der Waals surface area contributed by atoms with Gasteiger partial charge < -0.3 is 10.2 Å². The molecular formula is C15H19ClN4O3. The number of halogens is 1. The van der Waals surface area contributed by atoms with Gasteiger partial charge in [-0.05, 0) is 18.9 Å². The fraction of sp³-hybridized carbons (Fsp3) is 0.533. The molecule has 2 fully saturated rings. The van der Waals surface area contributed by atoms with Gasteiger partial charge in [0.05, 0.1) is 22.2 Å². The maximum absolute atomic E-state index is 11.8. The van der Waals surface area contributed by atoms with E-state index in [0.29, 0.717) is 17.6 Å². The Morgan fingerprint density at radius 3 is 2.57 bits per heavy atom. The Bertz CT molecular complexity index is 613. The molecule has 3 rings (SSSR count). The third-order valence-corrected chi connectivity index (χ3v) is 4.47. The molecule has 1 amide bonds. The molecule has 0 spiro atoms. The molecule has 124 valence electrons. The molecular weight excluding hydrogens is 320 g/mol. The Balaban J connectivity index is 1.54. The summed E-state index contributed by atoms with van der Waals surface area (Å²) in [7, 11) is 0. The van der Waals surface area contributed by atoms with Gasteiger partial charge in [-0.2, -0.15) is 0 Å². The van der Waals surface area contributed by atoms with Crippen molar-refractivity contribution in [1.29, 1.82) is 0 Å². The summed E-state index contributed by atoms with van der Waals surface area (Å²) in [5.74, 6) is 0.0920. The fourth-order valence-electron chi connectivity index (χ4n) is 2.72. The van der Waals surface area contributed by atoms with E-state index in [-0.39, 0.29) is 11.6 Å². The summed E-state index contributed by atoms with van der Waals surface area (Å²) in [5, 5.41) is 14.1. The van der Waals surface area contributed by atoms with E-state index in [1.54, 1.807) is 6.07 Å². The standard InChI is InChI=1S/C15H19ClN4O3/c16-13-9-12(20(22)23)3-4-14(13)19-7-5-18(6-8-19)10-15(21)17-11-1-2-11/h3-4,9,11H,1-2,5-8,10H2,(H,17,21). The SMILES string of the molecule is O=C(CN1CCN(c2ccc([N+](=O)[O-])cc2Cl)CC1)NC1CC1. The van der Waals surface area contributed by atoms with Crippen molar-refractivity contribution in [3.8, 4) is 0 Å². The second-order valence-electron chi connectivity index (χ2n) is 6.00. The number of anilines is 1. The molecule has 1 N–H and O–H groups in total. The van der Waals surface area contributed by atoms with Crippen LogP contribution in [0.4, 0.5) is 11.4 Å². The van der Waals surface area contributed by atoms with Crippen molar-refractivity contribution >= 4 is 28.9 Å². The summed E-state index contributed by atoms with van der Waals surface area (Å²) in [4.78, 5) is 26.3. The van der Waals surface area contributed by atoms with Gasteiger partial charge in [-0.15, -0.1) is 0 Å². The lowest BCUT2D eigenvalue weighted by atomic mass is 10.2. The Morgan fingerprint density at radius 2 is 2.00 bits per heavy atom. The van der Waals surface area contributed by atoms with Crippen LogP contribution in [0.5, 0.6) is 0 Å². The van der Waals surface area contributed by atoms with Gasteiger partial charge in [-0.25, -0.2) is 0 Å². The highest BCUT2D eigenvalue weighted by Crippen LogP contribution is 2.30. The maximum Gasteiger partial charge on any atom is 0.271 e. The second-order valence-corrected chi connectivity index (χ2v) is 6.41. The van der Waals surface area contributed by atoms with Crippen LogP contribution in [0.15, 0.2) is 18.2 Å². The lowest BCUT2D eigenvalue weighted by molar-refractivity contribution is -0.384. The Labute approximate surface area is 139 Å². The molecule has 0 unspecified atom stereocenters. The number of rotatable bonds is 5. The number of nitro benzene ring substituents is 1. The predicted molar refractivity (Wildman–Crippen MR) is 87.9 cm³/mol. The number of nitrogens with zero attached hydrogens (tertiary/aromatic N) is 3. The van der Waals surface area contributed by atoms with E-state index in [0.717, 1.165) is 44.7 Å². The molecule has 7 nitrogen and oxygen atoms in total. The molecule has 1 aliphatic heterocycles. The van der Waals surface area contributed by atoms with Gasteiger partial charge >= 0.3 is 0 Å². The first kappa shape index (κ1) is 16.0. The zero-order valence-corrected chi connectivity index (χ0v) is 13.5. The van der Waals surface area contributed by atoms with Crippen molar-refractivity contribution in [3.05, 3.63) is 33.3 Å². The van der Waals surface area contributed by atoms with E-state index in [1.165, 1.54) is 12.1 Å². The minimum atomic E-state index is -0.452. The zero-order valence-electron chi connectivity index (χ0n) is 12.7. The molecule has 0 atom stereocenters. The summed E-state index contributed by atoms with van der Waals surface area (Å²) in [6, 6.07) is 4.93. The monoisotopic (exact) mass is 338 g/mol. The molecule has 2 aliphatic rings. The smallest absolute Gasteiger partial charge is 0.271 e. The number of nitro groups is 1. The van der Waals surface area contributed by atoms with Crippen LogP contribution in [0.25, 0.3) is 0 Å². The molecule has 0 bridgehead atoms. The fourth-order valence-corrected chi connectivity index (χ4v) is 3.01.